The lowest BCUT2D eigenvalue weighted by atomic mass is 9.75. The molecule has 1 aliphatic rings. The fraction of sp³-hybridized carbons (Fsp3) is 1.00. The molecule has 0 aromatic heterocycles. The molecular weight excluding hydrogens is 186 g/mol. The molecule has 1 aliphatic carbocycles. The van der Waals surface area contributed by atoms with Gasteiger partial charge in [-0.3, -0.25) is 0 Å². The first-order chi connectivity index (χ1) is 6.94. The Bertz CT molecular complexity index is 191. The molecule has 3 atom stereocenters. The van der Waals surface area contributed by atoms with E-state index in [1.54, 1.807) is 7.11 Å². The normalized spacial score (nSPS) is 29.8. The standard InChI is InChI=1S/C13H27NO/c1-10(11(2)15-5)14-12-7-6-8-13(3,4)9-12/h10-12,14H,6-9H2,1-5H3. The maximum Gasteiger partial charge on any atom is 0.0693 e. The molecule has 0 aromatic carbocycles. The quantitative estimate of drug-likeness (QED) is 0.775. The van der Waals surface area contributed by atoms with Gasteiger partial charge in [0.2, 0.25) is 0 Å². The topological polar surface area (TPSA) is 21.3 Å². The van der Waals surface area contributed by atoms with Crippen molar-refractivity contribution in [1.82, 2.24) is 5.32 Å². The van der Waals surface area contributed by atoms with Gasteiger partial charge in [0.25, 0.3) is 0 Å². The van der Waals surface area contributed by atoms with Gasteiger partial charge in [0, 0.05) is 19.2 Å². The van der Waals surface area contributed by atoms with Crippen LogP contribution in [0.1, 0.15) is 53.4 Å². The highest BCUT2D eigenvalue weighted by molar-refractivity contribution is 4.85. The molecule has 0 aromatic rings. The maximum absolute atomic E-state index is 5.34. The average molecular weight is 213 g/mol. The third-order valence-corrected chi connectivity index (χ3v) is 3.78. The van der Waals surface area contributed by atoms with Gasteiger partial charge in [-0.05, 0) is 38.5 Å². The highest BCUT2D eigenvalue weighted by atomic mass is 16.5. The molecule has 0 bridgehead atoms. The Morgan fingerprint density at radius 1 is 1.33 bits per heavy atom. The fourth-order valence-electron chi connectivity index (χ4n) is 2.55. The predicted octanol–water partition coefficient (Wildman–Crippen LogP) is 2.97. The Morgan fingerprint density at radius 2 is 2.00 bits per heavy atom. The van der Waals surface area contributed by atoms with E-state index in [1.807, 2.05) is 0 Å². The first-order valence-electron chi connectivity index (χ1n) is 6.23. The van der Waals surface area contributed by atoms with Crippen molar-refractivity contribution in [3.05, 3.63) is 0 Å². The van der Waals surface area contributed by atoms with E-state index < -0.39 is 0 Å². The Morgan fingerprint density at radius 3 is 2.53 bits per heavy atom. The highest BCUT2D eigenvalue weighted by Crippen LogP contribution is 2.35. The third kappa shape index (κ3) is 4.12. The second kappa shape index (κ2) is 5.31. The minimum atomic E-state index is 0.301. The van der Waals surface area contributed by atoms with Crippen molar-refractivity contribution < 1.29 is 4.74 Å². The van der Waals surface area contributed by atoms with E-state index in [-0.39, 0.29) is 0 Å². The Kier molecular flexibility index (Phi) is 4.60. The van der Waals surface area contributed by atoms with E-state index in [9.17, 15) is 0 Å². The summed E-state index contributed by atoms with van der Waals surface area (Å²) < 4.78 is 5.34. The summed E-state index contributed by atoms with van der Waals surface area (Å²) in [7, 11) is 1.79. The van der Waals surface area contributed by atoms with Crippen LogP contribution in [0.15, 0.2) is 0 Å². The first kappa shape index (κ1) is 13.0. The largest absolute Gasteiger partial charge is 0.380 e. The zero-order valence-electron chi connectivity index (χ0n) is 11.0. The van der Waals surface area contributed by atoms with Gasteiger partial charge in [0.15, 0.2) is 0 Å². The van der Waals surface area contributed by atoms with E-state index in [4.69, 9.17) is 4.74 Å². The molecular formula is C13H27NO. The van der Waals surface area contributed by atoms with E-state index >= 15 is 0 Å². The number of hydrogen-bond donors (Lipinski definition) is 1. The van der Waals surface area contributed by atoms with Crippen LogP contribution in [0.5, 0.6) is 0 Å². The van der Waals surface area contributed by atoms with Crippen LogP contribution in [-0.4, -0.2) is 25.3 Å². The Balaban J connectivity index is 2.38. The van der Waals surface area contributed by atoms with Crippen LogP contribution < -0.4 is 5.32 Å². The molecule has 90 valence electrons. The number of rotatable bonds is 4. The SMILES string of the molecule is COC(C)C(C)NC1CCCC(C)(C)C1. The van der Waals surface area contributed by atoms with E-state index in [0.717, 1.165) is 0 Å². The minimum Gasteiger partial charge on any atom is -0.380 e. The molecule has 0 amide bonds. The predicted molar refractivity (Wildman–Crippen MR) is 65.1 cm³/mol. The number of nitrogens with one attached hydrogen (secondary N) is 1. The van der Waals surface area contributed by atoms with Crippen LogP contribution in [0, 0.1) is 5.41 Å². The monoisotopic (exact) mass is 213 g/mol. The second-order valence-electron chi connectivity index (χ2n) is 5.85. The summed E-state index contributed by atoms with van der Waals surface area (Å²) in [6, 6.07) is 1.13. The number of hydrogen-bond acceptors (Lipinski definition) is 2. The van der Waals surface area contributed by atoms with Crippen LogP contribution in [0.4, 0.5) is 0 Å². The van der Waals surface area contributed by atoms with Crippen molar-refractivity contribution in [2.75, 3.05) is 7.11 Å². The molecule has 15 heavy (non-hydrogen) atoms. The van der Waals surface area contributed by atoms with Gasteiger partial charge in [0.1, 0.15) is 0 Å². The summed E-state index contributed by atoms with van der Waals surface area (Å²) in [4.78, 5) is 0. The zero-order chi connectivity index (χ0) is 11.5. The lowest BCUT2D eigenvalue weighted by Gasteiger charge is -2.37. The van der Waals surface area contributed by atoms with E-state index in [0.29, 0.717) is 23.6 Å². The van der Waals surface area contributed by atoms with Gasteiger partial charge in [-0.15, -0.1) is 0 Å². The van der Waals surface area contributed by atoms with Crippen molar-refractivity contribution in [1.29, 1.82) is 0 Å². The lowest BCUT2D eigenvalue weighted by Crippen LogP contribution is -2.46. The minimum absolute atomic E-state index is 0.301. The highest BCUT2D eigenvalue weighted by Gasteiger charge is 2.29. The van der Waals surface area contributed by atoms with E-state index in [2.05, 4.69) is 33.0 Å². The summed E-state index contributed by atoms with van der Waals surface area (Å²) in [5.74, 6) is 0. The van der Waals surface area contributed by atoms with Crippen molar-refractivity contribution >= 4 is 0 Å². The number of ether oxygens (including phenoxy) is 1. The van der Waals surface area contributed by atoms with Crippen molar-refractivity contribution in [2.45, 2.75) is 71.6 Å². The summed E-state index contributed by atoms with van der Waals surface area (Å²) >= 11 is 0. The van der Waals surface area contributed by atoms with Crippen LogP contribution in [-0.2, 0) is 4.74 Å². The second-order valence-corrected chi connectivity index (χ2v) is 5.85. The fourth-order valence-corrected chi connectivity index (χ4v) is 2.55. The summed E-state index contributed by atoms with van der Waals surface area (Å²) in [5.41, 5.74) is 0.520. The molecule has 0 spiro atoms. The smallest absolute Gasteiger partial charge is 0.0693 e. The van der Waals surface area contributed by atoms with Crippen LogP contribution >= 0.6 is 0 Å². The van der Waals surface area contributed by atoms with Crippen molar-refractivity contribution in [3.63, 3.8) is 0 Å². The third-order valence-electron chi connectivity index (χ3n) is 3.78. The average Bonchev–Trinajstić information content (AvgIpc) is 2.14. The molecule has 0 heterocycles. The van der Waals surface area contributed by atoms with Crippen LogP contribution in [0.3, 0.4) is 0 Å². The number of methoxy groups -OCH3 is 1. The molecule has 0 saturated heterocycles. The Hall–Kier alpha value is -0.0800. The zero-order valence-corrected chi connectivity index (χ0v) is 11.0. The summed E-state index contributed by atoms with van der Waals surface area (Å²) in [6.07, 6.45) is 5.66. The summed E-state index contributed by atoms with van der Waals surface area (Å²) in [6.45, 7) is 9.11. The maximum atomic E-state index is 5.34. The van der Waals surface area contributed by atoms with Gasteiger partial charge in [-0.25, -0.2) is 0 Å². The first-order valence-corrected chi connectivity index (χ1v) is 6.23. The van der Waals surface area contributed by atoms with Crippen molar-refractivity contribution in [3.8, 4) is 0 Å². The van der Waals surface area contributed by atoms with Crippen molar-refractivity contribution in [2.24, 2.45) is 5.41 Å². The van der Waals surface area contributed by atoms with Gasteiger partial charge in [-0.1, -0.05) is 20.3 Å². The molecule has 1 fully saturated rings. The molecule has 1 N–H and O–H groups in total. The van der Waals surface area contributed by atoms with Gasteiger partial charge >= 0.3 is 0 Å². The summed E-state index contributed by atoms with van der Waals surface area (Å²) in [5, 5.41) is 3.70. The van der Waals surface area contributed by atoms with Gasteiger partial charge < -0.3 is 10.1 Å². The molecule has 1 saturated carbocycles. The van der Waals surface area contributed by atoms with Crippen LogP contribution in [0.25, 0.3) is 0 Å². The molecule has 0 radical (unpaired) electrons. The lowest BCUT2D eigenvalue weighted by molar-refractivity contribution is 0.0759. The molecule has 2 nitrogen and oxygen atoms in total. The van der Waals surface area contributed by atoms with Gasteiger partial charge in [0.05, 0.1) is 6.10 Å². The van der Waals surface area contributed by atoms with E-state index in [1.165, 1.54) is 25.7 Å². The van der Waals surface area contributed by atoms with Crippen LogP contribution in [0.2, 0.25) is 0 Å². The molecule has 3 unspecified atom stereocenters. The molecule has 2 heteroatoms. The molecule has 0 aliphatic heterocycles. The molecule has 1 rings (SSSR count). The Labute approximate surface area is 94.8 Å². The van der Waals surface area contributed by atoms with Gasteiger partial charge in [-0.2, -0.15) is 0 Å².